The van der Waals surface area contributed by atoms with E-state index < -0.39 is 24.5 Å². The predicted molar refractivity (Wildman–Crippen MR) is 107 cm³/mol. The highest BCUT2D eigenvalue weighted by molar-refractivity contribution is 9.10. The van der Waals surface area contributed by atoms with Crippen molar-refractivity contribution in [3.63, 3.8) is 0 Å². The van der Waals surface area contributed by atoms with Gasteiger partial charge in [-0.05, 0) is 41.8 Å². The average Bonchev–Trinajstić information content (AvgIpc) is 3.14. The molecule has 0 radical (unpaired) electrons. The summed E-state index contributed by atoms with van der Waals surface area (Å²) in [5, 5.41) is 17.0. The van der Waals surface area contributed by atoms with Crippen molar-refractivity contribution in [2.75, 3.05) is 11.9 Å². The Balaban J connectivity index is 1.25. The molecule has 158 valence electrons. The first kappa shape index (κ1) is 19.2. The van der Waals surface area contributed by atoms with Crippen molar-refractivity contribution in [3.8, 4) is 0 Å². The van der Waals surface area contributed by atoms with Crippen LogP contribution in [0.4, 0.5) is 20.8 Å². The van der Waals surface area contributed by atoms with Crippen LogP contribution in [0, 0.1) is 0 Å². The summed E-state index contributed by atoms with van der Waals surface area (Å²) in [4.78, 5) is 16.3. The number of carbonyl (C=O) groups excluding carboxylic acids is 1. The van der Waals surface area contributed by atoms with Gasteiger partial charge in [-0.15, -0.1) is 0 Å². The Kier molecular flexibility index (Phi) is 4.62. The monoisotopic (exact) mass is 479 g/mol. The molecule has 1 amide bonds. The number of hydrogen-bond acceptors (Lipinski definition) is 7. The lowest BCUT2D eigenvalue weighted by Crippen LogP contribution is -2.39. The van der Waals surface area contributed by atoms with Gasteiger partial charge in [0.1, 0.15) is 16.2 Å². The minimum Gasteiger partial charge on any atom is -0.441 e. The first-order valence-corrected chi connectivity index (χ1v) is 10.3. The molecule has 3 atom stereocenters. The van der Waals surface area contributed by atoms with Gasteiger partial charge in [-0.1, -0.05) is 0 Å². The van der Waals surface area contributed by atoms with Gasteiger partial charge >= 0.3 is 6.09 Å². The minimum absolute atomic E-state index is 0.0253. The lowest BCUT2D eigenvalue weighted by atomic mass is 10.1. The molecule has 3 aromatic heterocycles. The molecule has 1 aliphatic heterocycles. The molecule has 2 aliphatic rings. The summed E-state index contributed by atoms with van der Waals surface area (Å²) in [6, 6.07) is 3.45. The van der Waals surface area contributed by atoms with E-state index in [1.165, 1.54) is 0 Å². The molecule has 5 rings (SSSR count). The molecule has 0 unspecified atom stereocenters. The normalized spacial score (nSPS) is 24.7. The Morgan fingerprint density at radius 2 is 2.33 bits per heavy atom. The van der Waals surface area contributed by atoms with Gasteiger partial charge in [-0.2, -0.15) is 10.2 Å². The lowest BCUT2D eigenvalue weighted by Gasteiger charge is -2.17. The summed E-state index contributed by atoms with van der Waals surface area (Å²) in [5.41, 5.74) is 0.957. The fourth-order valence-electron chi connectivity index (χ4n) is 3.32. The highest BCUT2D eigenvalue weighted by Crippen LogP contribution is 2.36. The Morgan fingerprint density at radius 1 is 1.50 bits per heavy atom. The van der Waals surface area contributed by atoms with Crippen LogP contribution in [-0.4, -0.2) is 55.3 Å². The fraction of sp³-hybridized carbons (Fsp3) is 0.444. The second kappa shape index (κ2) is 7.20. The number of fused-ring (bicyclic) bond motifs is 1. The van der Waals surface area contributed by atoms with Crippen LogP contribution in [0.3, 0.4) is 0 Å². The molecule has 3 N–H and O–H groups in total. The van der Waals surface area contributed by atoms with Crippen LogP contribution in [-0.2, 0) is 9.47 Å². The van der Waals surface area contributed by atoms with Gasteiger partial charge in [0.2, 0.25) is 0 Å². The van der Waals surface area contributed by atoms with Crippen LogP contribution in [0.2, 0.25) is 0 Å². The minimum atomic E-state index is -1.51. The maximum Gasteiger partial charge on any atom is 0.408 e. The molecule has 3 aromatic rings. The van der Waals surface area contributed by atoms with Crippen LogP contribution >= 0.6 is 15.9 Å². The van der Waals surface area contributed by atoms with Gasteiger partial charge in [-0.3, -0.25) is 5.10 Å². The summed E-state index contributed by atoms with van der Waals surface area (Å²) in [5.74, 6) is 0.992. The highest BCUT2D eigenvalue weighted by atomic mass is 79.9. The molecule has 0 bridgehead atoms. The van der Waals surface area contributed by atoms with Gasteiger partial charge < -0.3 is 20.1 Å². The molecule has 0 aromatic carbocycles. The quantitative estimate of drug-likeness (QED) is 0.514. The van der Waals surface area contributed by atoms with E-state index in [-0.39, 0.29) is 12.1 Å². The molecule has 2 fully saturated rings. The van der Waals surface area contributed by atoms with E-state index in [1.54, 1.807) is 29.0 Å². The number of alkyl carbamates (subject to hydrolysis) is 1. The molecule has 12 heteroatoms. The van der Waals surface area contributed by atoms with Crippen molar-refractivity contribution in [2.24, 2.45) is 0 Å². The summed E-state index contributed by atoms with van der Waals surface area (Å²) in [6.07, 6.45) is 1.05. The fourth-order valence-corrected chi connectivity index (χ4v) is 3.70. The molecule has 1 saturated carbocycles. The Morgan fingerprint density at radius 3 is 3.13 bits per heavy atom. The van der Waals surface area contributed by atoms with Crippen molar-refractivity contribution in [1.29, 1.82) is 0 Å². The number of amides is 1. The zero-order chi connectivity index (χ0) is 20.9. The number of nitrogens with one attached hydrogen (secondary N) is 3. The summed E-state index contributed by atoms with van der Waals surface area (Å²) < 4.78 is 28.0. The van der Waals surface area contributed by atoms with Crippen molar-refractivity contribution in [3.05, 3.63) is 34.8 Å². The van der Waals surface area contributed by atoms with Gasteiger partial charge in [0, 0.05) is 11.6 Å². The molecule has 1 aliphatic carbocycles. The summed E-state index contributed by atoms with van der Waals surface area (Å²) in [7, 11) is 0. The van der Waals surface area contributed by atoms with E-state index in [9.17, 15) is 9.18 Å². The number of alkyl halides is 1. The third kappa shape index (κ3) is 3.60. The zero-order valence-electron chi connectivity index (χ0n) is 15.9. The first-order chi connectivity index (χ1) is 14.4. The largest absolute Gasteiger partial charge is 0.441 e. The van der Waals surface area contributed by atoms with E-state index in [2.05, 4.69) is 46.8 Å². The number of anilines is 2. The SMILES string of the molecule is CC1(NC(=O)O[C@@H]2CO[C@H](c3cc(Nc4ncc(Br)n5nccc45)n[nH]3)[C@@H]2F)CC1. The molecule has 0 spiro atoms. The van der Waals surface area contributed by atoms with E-state index in [1.807, 2.05) is 6.92 Å². The number of carbonyl (C=O) groups is 1. The second-order valence-electron chi connectivity index (χ2n) is 7.72. The third-order valence-electron chi connectivity index (χ3n) is 5.29. The summed E-state index contributed by atoms with van der Waals surface area (Å²) in [6.45, 7) is 1.90. The molecule has 10 nitrogen and oxygen atoms in total. The van der Waals surface area contributed by atoms with Crippen molar-refractivity contribution >= 4 is 39.2 Å². The highest BCUT2D eigenvalue weighted by Gasteiger charge is 2.44. The standard InChI is InChI=1S/C18H19BrFN7O3/c1-18(3-4-18)24-17(28)30-11-8-29-15(14(11)20)9-6-13(26-25-9)23-16-10-2-5-22-27(10)12(19)7-21-16/h2,5-7,11,14-15H,3-4,8H2,1H3,(H,24,28)(H2,21,23,25,26)/t11-,14-,15-/m1/s1. The van der Waals surface area contributed by atoms with Crippen LogP contribution in [0.1, 0.15) is 31.6 Å². The van der Waals surface area contributed by atoms with E-state index in [0.29, 0.717) is 21.9 Å². The zero-order valence-corrected chi connectivity index (χ0v) is 17.5. The van der Waals surface area contributed by atoms with Crippen molar-refractivity contribution < 1.29 is 18.7 Å². The number of aromatic nitrogens is 5. The van der Waals surface area contributed by atoms with Crippen LogP contribution < -0.4 is 10.6 Å². The lowest BCUT2D eigenvalue weighted by molar-refractivity contribution is 0.0604. The summed E-state index contributed by atoms with van der Waals surface area (Å²) >= 11 is 3.38. The van der Waals surface area contributed by atoms with Crippen LogP contribution in [0.5, 0.6) is 0 Å². The topological polar surface area (TPSA) is 118 Å². The number of H-pyrrole nitrogens is 1. The van der Waals surface area contributed by atoms with Crippen molar-refractivity contribution in [1.82, 2.24) is 30.1 Å². The van der Waals surface area contributed by atoms with E-state index in [0.717, 1.165) is 18.4 Å². The molecule has 30 heavy (non-hydrogen) atoms. The Bertz CT molecular complexity index is 1100. The van der Waals surface area contributed by atoms with Gasteiger partial charge in [0.15, 0.2) is 23.9 Å². The second-order valence-corrected chi connectivity index (χ2v) is 8.53. The van der Waals surface area contributed by atoms with Gasteiger partial charge in [0.05, 0.1) is 24.7 Å². The smallest absolute Gasteiger partial charge is 0.408 e. The number of nitrogens with zero attached hydrogens (tertiary/aromatic N) is 4. The van der Waals surface area contributed by atoms with Gasteiger partial charge in [-0.25, -0.2) is 18.7 Å². The number of halogens is 2. The maximum absolute atomic E-state index is 14.9. The average molecular weight is 480 g/mol. The number of ether oxygens (including phenoxy) is 2. The Hall–Kier alpha value is -2.73. The maximum atomic E-state index is 14.9. The molecule has 1 saturated heterocycles. The number of rotatable bonds is 5. The third-order valence-corrected chi connectivity index (χ3v) is 5.83. The predicted octanol–water partition coefficient (Wildman–Crippen LogP) is 3.02. The molecular weight excluding hydrogens is 461 g/mol. The van der Waals surface area contributed by atoms with Crippen LogP contribution in [0.15, 0.2) is 29.1 Å². The van der Waals surface area contributed by atoms with Crippen LogP contribution in [0.25, 0.3) is 5.52 Å². The van der Waals surface area contributed by atoms with E-state index >= 15 is 0 Å². The number of aromatic amines is 1. The number of hydrogen-bond donors (Lipinski definition) is 3. The first-order valence-electron chi connectivity index (χ1n) is 9.47. The van der Waals surface area contributed by atoms with Gasteiger partial charge in [0.25, 0.3) is 0 Å². The molecular formula is C18H19BrFN7O3. The van der Waals surface area contributed by atoms with E-state index in [4.69, 9.17) is 9.47 Å². The Labute approximate surface area is 178 Å². The van der Waals surface area contributed by atoms with Crippen molar-refractivity contribution in [2.45, 2.75) is 43.7 Å². The molecule has 4 heterocycles.